The molecule has 1 atom stereocenters. The standard InChI is InChI=1S/C16H20N2O2S/c1-12(19)17-9-5-10-18(14-7-3-2-6-13(14)17)16(20)15-8-4-11-21-15/h2-3,6-7,15H,4-5,8-11H2,1H3. The van der Waals surface area contributed by atoms with Crippen molar-refractivity contribution in [3.05, 3.63) is 24.3 Å². The maximum Gasteiger partial charge on any atom is 0.240 e. The van der Waals surface area contributed by atoms with Crippen molar-refractivity contribution >= 4 is 35.0 Å². The molecule has 0 saturated carbocycles. The first-order valence-corrected chi connectivity index (χ1v) is 8.53. The number of hydrogen-bond acceptors (Lipinski definition) is 3. The Labute approximate surface area is 129 Å². The highest BCUT2D eigenvalue weighted by atomic mass is 32.2. The lowest BCUT2D eigenvalue weighted by Gasteiger charge is -2.26. The molecule has 0 radical (unpaired) electrons. The molecule has 2 heterocycles. The molecule has 0 spiro atoms. The predicted octanol–water partition coefficient (Wildman–Crippen LogP) is 2.67. The molecule has 0 aliphatic carbocycles. The summed E-state index contributed by atoms with van der Waals surface area (Å²) in [7, 11) is 0. The van der Waals surface area contributed by atoms with Crippen LogP contribution in [-0.2, 0) is 9.59 Å². The number of thioether (sulfide) groups is 1. The van der Waals surface area contributed by atoms with Crippen LogP contribution in [0.15, 0.2) is 24.3 Å². The van der Waals surface area contributed by atoms with Crippen LogP contribution in [0.3, 0.4) is 0 Å². The van der Waals surface area contributed by atoms with Crippen LogP contribution < -0.4 is 9.80 Å². The summed E-state index contributed by atoms with van der Waals surface area (Å²) in [5.74, 6) is 1.31. The third-order valence-electron chi connectivity index (χ3n) is 4.08. The second-order valence-electron chi connectivity index (χ2n) is 5.50. The van der Waals surface area contributed by atoms with Crippen LogP contribution >= 0.6 is 11.8 Å². The first-order valence-electron chi connectivity index (χ1n) is 7.48. The van der Waals surface area contributed by atoms with E-state index < -0.39 is 0 Å². The lowest BCUT2D eigenvalue weighted by atomic mass is 10.2. The summed E-state index contributed by atoms with van der Waals surface area (Å²) in [5, 5.41) is 0.0851. The molecular formula is C16H20N2O2S. The van der Waals surface area contributed by atoms with Crippen LogP contribution in [0.25, 0.3) is 0 Å². The van der Waals surface area contributed by atoms with Crippen LogP contribution in [0.4, 0.5) is 11.4 Å². The molecule has 112 valence electrons. The Kier molecular flexibility index (Phi) is 4.19. The number of amides is 2. The monoisotopic (exact) mass is 304 g/mol. The van der Waals surface area contributed by atoms with Gasteiger partial charge in [0.2, 0.25) is 11.8 Å². The molecule has 0 bridgehead atoms. The summed E-state index contributed by atoms with van der Waals surface area (Å²) in [6, 6.07) is 7.75. The molecule has 1 aromatic rings. The van der Waals surface area contributed by atoms with Gasteiger partial charge in [0.1, 0.15) is 0 Å². The van der Waals surface area contributed by atoms with Gasteiger partial charge in [0, 0.05) is 20.0 Å². The highest BCUT2D eigenvalue weighted by molar-refractivity contribution is 8.00. The molecule has 5 heteroatoms. The van der Waals surface area contributed by atoms with Crippen molar-refractivity contribution in [3.63, 3.8) is 0 Å². The molecule has 1 saturated heterocycles. The van der Waals surface area contributed by atoms with E-state index in [2.05, 4.69) is 0 Å². The fourth-order valence-corrected chi connectivity index (χ4v) is 4.27. The summed E-state index contributed by atoms with van der Waals surface area (Å²) in [4.78, 5) is 28.3. The number of fused-ring (bicyclic) bond motifs is 1. The van der Waals surface area contributed by atoms with Gasteiger partial charge >= 0.3 is 0 Å². The summed E-state index contributed by atoms with van der Waals surface area (Å²) in [6.07, 6.45) is 2.91. The van der Waals surface area contributed by atoms with Gasteiger partial charge in [0.25, 0.3) is 0 Å². The summed E-state index contributed by atoms with van der Waals surface area (Å²) < 4.78 is 0. The van der Waals surface area contributed by atoms with Crippen molar-refractivity contribution < 1.29 is 9.59 Å². The molecular weight excluding hydrogens is 284 g/mol. The van der Waals surface area contributed by atoms with Crippen molar-refractivity contribution in [1.29, 1.82) is 0 Å². The van der Waals surface area contributed by atoms with Crippen LogP contribution in [0.1, 0.15) is 26.2 Å². The number of para-hydroxylation sites is 2. The van der Waals surface area contributed by atoms with Gasteiger partial charge < -0.3 is 9.80 Å². The average molecular weight is 304 g/mol. The van der Waals surface area contributed by atoms with Gasteiger partial charge in [-0.2, -0.15) is 0 Å². The minimum atomic E-state index is 0.0343. The molecule has 0 aromatic heterocycles. The van der Waals surface area contributed by atoms with Crippen molar-refractivity contribution in [3.8, 4) is 0 Å². The van der Waals surface area contributed by atoms with Gasteiger partial charge in [0.15, 0.2) is 0 Å². The Morgan fingerprint density at radius 3 is 2.38 bits per heavy atom. The van der Waals surface area contributed by atoms with Gasteiger partial charge in [-0.15, -0.1) is 11.8 Å². The highest BCUT2D eigenvalue weighted by Gasteiger charge is 2.32. The van der Waals surface area contributed by atoms with Crippen LogP contribution in [0, 0.1) is 0 Å². The van der Waals surface area contributed by atoms with Crippen LogP contribution in [-0.4, -0.2) is 35.9 Å². The molecule has 21 heavy (non-hydrogen) atoms. The third kappa shape index (κ3) is 2.79. The van der Waals surface area contributed by atoms with E-state index in [1.165, 1.54) is 0 Å². The molecule has 3 rings (SSSR count). The zero-order valence-electron chi connectivity index (χ0n) is 12.2. The Hall–Kier alpha value is -1.49. The summed E-state index contributed by atoms with van der Waals surface area (Å²) >= 11 is 1.76. The van der Waals surface area contributed by atoms with E-state index in [9.17, 15) is 9.59 Å². The lowest BCUT2D eigenvalue weighted by molar-refractivity contribution is -0.118. The number of anilines is 2. The van der Waals surface area contributed by atoms with E-state index in [0.717, 1.165) is 36.4 Å². The third-order valence-corrected chi connectivity index (χ3v) is 5.44. The SMILES string of the molecule is CC(=O)N1CCCN(C(=O)C2CCCS2)c2ccccc21. The number of carbonyl (C=O) groups excluding carboxylic acids is 2. The fraction of sp³-hybridized carbons (Fsp3) is 0.500. The molecule has 2 amide bonds. The molecule has 1 unspecified atom stereocenters. The van der Waals surface area contributed by atoms with E-state index in [0.29, 0.717) is 13.1 Å². The first kappa shape index (κ1) is 14.4. The Morgan fingerprint density at radius 1 is 1.10 bits per heavy atom. The minimum absolute atomic E-state index is 0.0343. The van der Waals surface area contributed by atoms with Gasteiger partial charge in [-0.3, -0.25) is 9.59 Å². The predicted molar refractivity (Wildman–Crippen MR) is 86.9 cm³/mol. The van der Waals surface area contributed by atoms with Crippen LogP contribution in [0.2, 0.25) is 0 Å². The van der Waals surface area contributed by atoms with E-state index in [4.69, 9.17) is 0 Å². The normalized spacial score (nSPS) is 21.9. The number of hydrogen-bond donors (Lipinski definition) is 0. The average Bonchev–Trinajstić information content (AvgIpc) is 2.94. The van der Waals surface area contributed by atoms with Crippen LogP contribution in [0.5, 0.6) is 0 Å². The Morgan fingerprint density at radius 2 is 1.76 bits per heavy atom. The second kappa shape index (κ2) is 6.10. The van der Waals surface area contributed by atoms with E-state index in [1.807, 2.05) is 29.2 Å². The molecule has 0 N–H and O–H groups in total. The Bertz CT molecular complexity index is 555. The summed E-state index contributed by atoms with van der Waals surface area (Å²) in [6.45, 7) is 2.95. The van der Waals surface area contributed by atoms with Crippen molar-refractivity contribution in [2.75, 3.05) is 28.6 Å². The van der Waals surface area contributed by atoms with E-state index >= 15 is 0 Å². The number of nitrogens with zero attached hydrogens (tertiary/aromatic N) is 2. The summed E-state index contributed by atoms with van der Waals surface area (Å²) in [5.41, 5.74) is 1.74. The maximum atomic E-state index is 12.8. The van der Waals surface area contributed by atoms with Crippen molar-refractivity contribution in [2.24, 2.45) is 0 Å². The zero-order valence-corrected chi connectivity index (χ0v) is 13.1. The second-order valence-corrected chi connectivity index (χ2v) is 6.82. The first-order chi connectivity index (χ1) is 10.2. The maximum absolute atomic E-state index is 12.8. The van der Waals surface area contributed by atoms with E-state index in [1.54, 1.807) is 23.6 Å². The van der Waals surface area contributed by atoms with Crippen molar-refractivity contribution in [2.45, 2.75) is 31.4 Å². The molecule has 2 aliphatic rings. The molecule has 2 aliphatic heterocycles. The fourth-order valence-electron chi connectivity index (χ4n) is 3.05. The zero-order chi connectivity index (χ0) is 14.8. The van der Waals surface area contributed by atoms with Crippen molar-refractivity contribution in [1.82, 2.24) is 0 Å². The molecule has 4 nitrogen and oxygen atoms in total. The number of rotatable bonds is 1. The van der Waals surface area contributed by atoms with Gasteiger partial charge in [-0.25, -0.2) is 0 Å². The largest absolute Gasteiger partial charge is 0.311 e. The smallest absolute Gasteiger partial charge is 0.240 e. The Balaban J connectivity index is 1.95. The van der Waals surface area contributed by atoms with Gasteiger partial charge in [-0.1, -0.05) is 12.1 Å². The highest BCUT2D eigenvalue weighted by Crippen LogP contribution is 2.35. The van der Waals surface area contributed by atoms with E-state index in [-0.39, 0.29) is 17.1 Å². The molecule has 1 aromatic carbocycles. The quantitative estimate of drug-likeness (QED) is 0.801. The van der Waals surface area contributed by atoms with Gasteiger partial charge in [-0.05, 0) is 37.1 Å². The minimum Gasteiger partial charge on any atom is -0.311 e. The number of benzene rings is 1. The molecule has 1 fully saturated rings. The topological polar surface area (TPSA) is 40.6 Å². The number of carbonyl (C=O) groups is 2. The van der Waals surface area contributed by atoms with Gasteiger partial charge in [0.05, 0.1) is 16.6 Å². The lowest BCUT2D eigenvalue weighted by Crippen LogP contribution is -2.37.